The van der Waals surface area contributed by atoms with E-state index in [0.29, 0.717) is 12.2 Å². The summed E-state index contributed by atoms with van der Waals surface area (Å²) in [6.45, 7) is 0.707. The van der Waals surface area contributed by atoms with Crippen LogP contribution in [0.25, 0.3) is 0 Å². The van der Waals surface area contributed by atoms with Crippen LogP contribution in [0.2, 0.25) is 0 Å². The van der Waals surface area contributed by atoms with E-state index in [1.165, 1.54) is 5.56 Å². The minimum atomic E-state index is -0.112. The highest BCUT2D eigenvalue weighted by molar-refractivity contribution is 6.03. The van der Waals surface area contributed by atoms with Gasteiger partial charge in [0.1, 0.15) is 0 Å². The normalized spacial score (nSPS) is 13.0. The molecule has 5 nitrogen and oxygen atoms in total. The zero-order valence-corrected chi connectivity index (χ0v) is 12.2. The van der Waals surface area contributed by atoms with Gasteiger partial charge >= 0.3 is 6.03 Å². The topological polar surface area (TPSA) is 48.5 Å². The molecule has 2 aromatic rings. The average Bonchev–Trinajstić information content (AvgIpc) is 2.91. The molecule has 0 atom stereocenters. The Morgan fingerprint density at radius 2 is 2.19 bits per heavy atom. The van der Waals surface area contributed by atoms with Gasteiger partial charge in [-0.25, -0.2) is 4.79 Å². The van der Waals surface area contributed by atoms with Crippen molar-refractivity contribution in [3.05, 3.63) is 48.3 Å². The van der Waals surface area contributed by atoms with Crippen LogP contribution in [0.4, 0.5) is 21.9 Å². The molecule has 3 rings (SSSR count). The fraction of sp³-hybridized carbons (Fsp3) is 0.250. The van der Waals surface area contributed by atoms with E-state index in [9.17, 15) is 4.79 Å². The van der Waals surface area contributed by atoms with Crippen molar-refractivity contribution in [2.24, 2.45) is 0 Å². The van der Waals surface area contributed by atoms with Crippen LogP contribution in [-0.2, 0) is 6.42 Å². The molecular weight excluding hydrogens is 264 g/mol. The summed E-state index contributed by atoms with van der Waals surface area (Å²) in [5, 5.41) is 2.88. The predicted molar refractivity (Wildman–Crippen MR) is 85.1 cm³/mol. The number of hydrogen-bond acceptors (Lipinski definition) is 3. The maximum absolute atomic E-state index is 12.4. The smallest absolute Gasteiger partial charge is 0.326 e. The van der Waals surface area contributed by atoms with Gasteiger partial charge in [0.2, 0.25) is 0 Å². The Bertz CT molecular complexity index is 655. The lowest BCUT2D eigenvalue weighted by atomic mass is 10.1. The van der Waals surface area contributed by atoms with Gasteiger partial charge in [0, 0.05) is 38.2 Å². The summed E-state index contributed by atoms with van der Waals surface area (Å²) in [6.07, 6.45) is 4.21. The Balaban J connectivity index is 1.79. The van der Waals surface area contributed by atoms with Gasteiger partial charge in [0.15, 0.2) is 0 Å². The van der Waals surface area contributed by atoms with E-state index in [-0.39, 0.29) is 6.03 Å². The first-order valence-corrected chi connectivity index (χ1v) is 6.94. The van der Waals surface area contributed by atoms with E-state index in [4.69, 9.17) is 0 Å². The molecule has 0 saturated carbocycles. The molecular formula is C16H18N4O. The molecule has 0 bridgehead atoms. The molecule has 0 spiro atoms. The van der Waals surface area contributed by atoms with Crippen molar-refractivity contribution >= 4 is 23.1 Å². The number of hydrogen-bond donors (Lipinski definition) is 1. The molecule has 21 heavy (non-hydrogen) atoms. The van der Waals surface area contributed by atoms with Crippen LogP contribution in [0, 0.1) is 0 Å². The lowest BCUT2D eigenvalue weighted by Gasteiger charge is -2.19. The summed E-state index contributed by atoms with van der Waals surface area (Å²) in [5.41, 5.74) is 4.06. The second-order valence-corrected chi connectivity index (χ2v) is 5.28. The van der Waals surface area contributed by atoms with Gasteiger partial charge in [-0.15, -0.1) is 0 Å². The monoisotopic (exact) mass is 282 g/mol. The molecule has 0 radical (unpaired) electrons. The van der Waals surface area contributed by atoms with E-state index in [1.807, 2.05) is 32.3 Å². The molecule has 1 aliphatic rings. The first kappa shape index (κ1) is 13.4. The minimum Gasteiger partial charge on any atom is -0.378 e. The Morgan fingerprint density at radius 3 is 2.90 bits per heavy atom. The van der Waals surface area contributed by atoms with Crippen molar-refractivity contribution < 1.29 is 4.79 Å². The number of amides is 2. The van der Waals surface area contributed by atoms with Crippen molar-refractivity contribution in [3.8, 4) is 0 Å². The van der Waals surface area contributed by atoms with Crippen molar-refractivity contribution in [2.75, 3.05) is 35.8 Å². The summed E-state index contributed by atoms with van der Waals surface area (Å²) in [7, 11) is 4.03. The standard InChI is InChI=1S/C16H18N4O/c1-19(2)14-5-6-15-12(10-14)7-9-20(15)16(21)18-13-4-3-8-17-11-13/h3-6,8,10-11H,7,9H2,1-2H3,(H,18,21). The molecule has 0 saturated heterocycles. The number of fused-ring (bicyclic) bond motifs is 1. The van der Waals surface area contributed by atoms with Crippen LogP contribution in [0.1, 0.15) is 5.56 Å². The number of nitrogens with one attached hydrogen (secondary N) is 1. The Morgan fingerprint density at radius 1 is 1.33 bits per heavy atom. The third-order valence-electron chi connectivity index (χ3n) is 3.63. The molecule has 108 valence electrons. The Labute approximate surface area is 124 Å². The van der Waals surface area contributed by atoms with E-state index in [2.05, 4.69) is 21.3 Å². The largest absolute Gasteiger partial charge is 0.378 e. The molecule has 0 unspecified atom stereocenters. The second-order valence-electron chi connectivity index (χ2n) is 5.28. The minimum absolute atomic E-state index is 0.112. The average molecular weight is 282 g/mol. The molecule has 1 aromatic heterocycles. The quantitative estimate of drug-likeness (QED) is 0.921. The summed E-state index contributed by atoms with van der Waals surface area (Å²) < 4.78 is 0. The lowest BCUT2D eigenvalue weighted by Crippen LogP contribution is -2.33. The van der Waals surface area contributed by atoms with Crippen molar-refractivity contribution in [1.82, 2.24) is 4.98 Å². The maximum atomic E-state index is 12.4. The lowest BCUT2D eigenvalue weighted by molar-refractivity contribution is 0.257. The number of nitrogens with zero attached hydrogens (tertiary/aromatic N) is 3. The van der Waals surface area contributed by atoms with Crippen molar-refractivity contribution in [1.29, 1.82) is 0 Å². The van der Waals surface area contributed by atoms with Crippen LogP contribution >= 0.6 is 0 Å². The van der Waals surface area contributed by atoms with Crippen LogP contribution in [-0.4, -0.2) is 31.7 Å². The van der Waals surface area contributed by atoms with E-state index >= 15 is 0 Å². The first-order valence-electron chi connectivity index (χ1n) is 6.94. The number of pyridine rings is 1. The zero-order chi connectivity index (χ0) is 14.8. The number of benzene rings is 1. The third-order valence-corrected chi connectivity index (χ3v) is 3.63. The molecule has 0 aliphatic carbocycles. The van der Waals surface area contributed by atoms with Crippen LogP contribution in [0.3, 0.4) is 0 Å². The number of aromatic nitrogens is 1. The molecule has 1 aromatic carbocycles. The van der Waals surface area contributed by atoms with Gasteiger partial charge in [-0.2, -0.15) is 0 Å². The van der Waals surface area contributed by atoms with E-state index in [0.717, 1.165) is 17.8 Å². The van der Waals surface area contributed by atoms with Crippen LogP contribution in [0.5, 0.6) is 0 Å². The SMILES string of the molecule is CN(C)c1ccc2c(c1)CCN2C(=O)Nc1cccnc1. The van der Waals surface area contributed by atoms with Gasteiger partial charge in [-0.3, -0.25) is 9.88 Å². The molecule has 2 heterocycles. The van der Waals surface area contributed by atoms with E-state index < -0.39 is 0 Å². The summed E-state index contributed by atoms with van der Waals surface area (Å²) in [6, 6.07) is 9.72. The molecule has 2 amide bonds. The molecule has 5 heteroatoms. The van der Waals surface area contributed by atoms with Crippen LogP contribution < -0.4 is 15.1 Å². The highest BCUT2D eigenvalue weighted by Crippen LogP contribution is 2.31. The fourth-order valence-electron chi connectivity index (χ4n) is 2.50. The van der Waals surface area contributed by atoms with Gasteiger partial charge in [-0.1, -0.05) is 0 Å². The second kappa shape index (κ2) is 5.44. The fourth-order valence-corrected chi connectivity index (χ4v) is 2.50. The van der Waals surface area contributed by atoms with Crippen molar-refractivity contribution in [2.45, 2.75) is 6.42 Å². The predicted octanol–water partition coefficient (Wildman–Crippen LogP) is 2.74. The van der Waals surface area contributed by atoms with E-state index in [1.54, 1.807) is 23.4 Å². The number of carbonyl (C=O) groups is 1. The molecule has 1 aliphatic heterocycles. The van der Waals surface area contributed by atoms with Gasteiger partial charge in [0.05, 0.1) is 11.9 Å². The maximum Gasteiger partial charge on any atom is 0.326 e. The van der Waals surface area contributed by atoms with Crippen LogP contribution in [0.15, 0.2) is 42.7 Å². The zero-order valence-electron chi connectivity index (χ0n) is 12.2. The number of rotatable bonds is 2. The van der Waals surface area contributed by atoms with Gasteiger partial charge in [-0.05, 0) is 42.3 Å². The highest BCUT2D eigenvalue weighted by atomic mass is 16.2. The van der Waals surface area contributed by atoms with Crippen molar-refractivity contribution in [3.63, 3.8) is 0 Å². The third kappa shape index (κ3) is 2.67. The highest BCUT2D eigenvalue weighted by Gasteiger charge is 2.25. The van der Waals surface area contributed by atoms with Gasteiger partial charge in [0.25, 0.3) is 0 Å². The number of anilines is 3. The van der Waals surface area contributed by atoms with Gasteiger partial charge < -0.3 is 10.2 Å². The Hall–Kier alpha value is -2.56. The first-order chi connectivity index (χ1) is 10.1. The summed E-state index contributed by atoms with van der Waals surface area (Å²) in [4.78, 5) is 20.2. The Kier molecular flexibility index (Phi) is 3.48. The summed E-state index contributed by atoms with van der Waals surface area (Å²) in [5.74, 6) is 0. The molecule has 0 fully saturated rings. The number of urea groups is 1. The summed E-state index contributed by atoms with van der Waals surface area (Å²) >= 11 is 0. The molecule has 1 N–H and O–H groups in total. The number of carbonyl (C=O) groups excluding carboxylic acids is 1.